The number of carbonyl (C=O) groups is 1. The van der Waals surface area contributed by atoms with E-state index in [4.69, 9.17) is 4.74 Å². The van der Waals surface area contributed by atoms with Crippen molar-refractivity contribution in [3.8, 4) is 11.1 Å². The number of esters is 1. The Bertz CT molecular complexity index is 576. The average molecular weight is 253 g/mol. The molecular weight excluding hydrogens is 238 g/mol. The van der Waals surface area contributed by atoms with E-state index in [1.165, 1.54) is 6.08 Å². The molecule has 0 saturated heterocycles. The van der Waals surface area contributed by atoms with Crippen molar-refractivity contribution in [3.05, 3.63) is 60.4 Å². The van der Waals surface area contributed by atoms with Crippen LogP contribution in [0.5, 0.6) is 0 Å². The van der Waals surface area contributed by atoms with E-state index in [9.17, 15) is 4.79 Å². The van der Waals surface area contributed by atoms with Gasteiger partial charge in [-0.3, -0.25) is 4.98 Å². The summed E-state index contributed by atoms with van der Waals surface area (Å²) in [7, 11) is 0. The Morgan fingerprint density at radius 3 is 2.84 bits per heavy atom. The minimum atomic E-state index is -0.325. The van der Waals surface area contributed by atoms with Gasteiger partial charge in [-0.15, -0.1) is 0 Å². The number of ether oxygens (including phenoxy) is 1. The molecule has 0 unspecified atom stereocenters. The van der Waals surface area contributed by atoms with Gasteiger partial charge in [-0.05, 0) is 36.3 Å². The van der Waals surface area contributed by atoms with Gasteiger partial charge in [0.1, 0.15) is 0 Å². The van der Waals surface area contributed by atoms with Crippen LogP contribution in [0.15, 0.2) is 54.9 Å². The fraction of sp³-hybridized carbons (Fsp3) is 0.125. The van der Waals surface area contributed by atoms with Crippen molar-refractivity contribution >= 4 is 12.0 Å². The number of hydrogen-bond acceptors (Lipinski definition) is 3. The Morgan fingerprint density at radius 1 is 1.26 bits per heavy atom. The maximum atomic E-state index is 11.3. The van der Waals surface area contributed by atoms with Crippen LogP contribution in [0, 0.1) is 0 Å². The van der Waals surface area contributed by atoms with Crippen molar-refractivity contribution in [3.63, 3.8) is 0 Å². The number of pyridine rings is 1. The minimum absolute atomic E-state index is 0.325. The Kier molecular flexibility index (Phi) is 4.45. The highest BCUT2D eigenvalue weighted by atomic mass is 16.5. The molecule has 0 spiro atoms. The van der Waals surface area contributed by atoms with Crippen molar-refractivity contribution in [1.29, 1.82) is 0 Å². The number of nitrogens with zero attached hydrogens (tertiary/aromatic N) is 1. The second kappa shape index (κ2) is 6.50. The molecule has 0 saturated carbocycles. The van der Waals surface area contributed by atoms with Gasteiger partial charge >= 0.3 is 5.97 Å². The highest BCUT2D eigenvalue weighted by molar-refractivity contribution is 5.87. The molecule has 1 aromatic carbocycles. The molecule has 0 N–H and O–H groups in total. The molecule has 19 heavy (non-hydrogen) atoms. The zero-order valence-corrected chi connectivity index (χ0v) is 10.7. The zero-order chi connectivity index (χ0) is 13.5. The smallest absolute Gasteiger partial charge is 0.330 e. The van der Waals surface area contributed by atoms with Crippen molar-refractivity contribution in [1.82, 2.24) is 4.98 Å². The lowest BCUT2D eigenvalue weighted by Gasteiger charge is -2.02. The fourth-order valence-electron chi connectivity index (χ4n) is 1.71. The summed E-state index contributed by atoms with van der Waals surface area (Å²) in [4.78, 5) is 15.3. The topological polar surface area (TPSA) is 39.2 Å². The fourth-order valence-corrected chi connectivity index (χ4v) is 1.71. The van der Waals surface area contributed by atoms with Gasteiger partial charge in [0.05, 0.1) is 6.61 Å². The monoisotopic (exact) mass is 253 g/mol. The number of hydrogen-bond donors (Lipinski definition) is 0. The molecule has 0 radical (unpaired) electrons. The summed E-state index contributed by atoms with van der Waals surface area (Å²) in [6.07, 6.45) is 6.74. The Hall–Kier alpha value is -2.42. The maximum absolute atomic E-state index is 11.3. The summed E-state index contributed by atoms with van der Waals surface area (Å²) in [6, 6.07) is 11.8. The van der Waals surface area contributed by atoms with Crippen LogP contribution in [0.2, 0.25) is 0 Å². The van der Waals surface area contributed by atoms with Crippen molar-refractivity contribution in [2.24, 2.45) is 0 Å². The molecule has 96 valence electrons. The molecule has 0 aliphatic carbocycles. The quantitative estimate of drug-likeness (QED) is 0.619. The predicted octanol–water partition coefficient (Wildman–Crippen LogP) is 3.32. The number of aromatic nitrogens is 1. The van der Waals surface area contributed by atoms with Gasteiger partial charge < -0.3 is 4.74 Å². The van der Waals surface area contributed by atoms with E-state index >= 15 is 0 Å². The summed E-state index contributed by atoms with van der Waals surface area (Å²) in [5.74, 6) is -0.325. The molecule has 0 bridgehead atoms. The van der Waals surface area contributed by atoms with E-state index < -0.39 is 0 Å². The van der Waals surface area contributed by atoms with E-state index in [-0.39, 0.29) is 5.97 Å². The molecule has 0 aliphatic heterocycles. The molecule has 0 fully saturated rings. The van der Waals surface area contributed by atoms with Gasteiger partial charge in [0.15, 0.2) is 0 Å². The maximum Gasteiger partial charge on any atom is 0.330 e. The number of benzene rings is 1. The summed E-state index contributed by atoms with van der Waals surface area (Å²) in [5.41, 5.74) is 3.07. The van der Waals surface area contributed by atoms with Gasteiger partial charge in [-0.2, -0.15) is 0 Å². The summed E-state index contributed by atoms with van der Waals surface area (Å²) >= 11 is 0. The van der Waals surface area contributed by atoms with Crippen molar-refractivity contribution in [2.45, 2.75) is 6.92 Å². The van der Waals surface area contributed by atoms with Crippen LogP contribution >= 0.6 is 0 Å². The first kappa shape index (κ1) is 13.0. The standard InChI is InChI=1S/C16H15NO2/c1-2-19-16(18)9-8-13-5-3-6-14(11-13)15-7-4-10-17-12-15/h3-12H,2H2,1H3/b9-8+. The van der Waals surface area contributed by atoms with Crippen LogP contribution in [0.25, 0.3) is 17.2 Å². The third-order valence-electron chi connectivity index (χ3n) is 2.58. The molecule has 2 rings (SSSR count). The molecule has 3 nitrogen and oxygen atoms in total. The summed E-state index contributed by atoms with van der Waals surface area (Å²) < 4.78 is 4.84. The second-order valence-electron chi connectivity index (χ2n) is 3.95. The van der Waals surface area contributed by atoms with Crippen molar-refractivity contribution < 1.29 is 9.53 Å². The molecular formula is C16H15NO2. The predicted molar refractivity (Wildman–Crippen MR) is 75.3 cm³/mol. The van der Waals surface area contributed by atoms with Crippen LogP contribution in [-0.2, 0) is 9.53 Å². The van der Waals surface area contributed by atoms with Gasteiger partial charge in [-0.1, -0.05) is 24.3 Å². The van der Waals surface area contributed by atoms with Crippen LogP contribution in [0.3, 0.4) is 0 Å². The average Bonchev–Trinajstić information content (AvgIpc) is 2.47. The SMILES string of the molecule is CCOC(=O)/C=C/c1cccc(-c2cccnc2)c1. The largest absolute Gasteiger partial charge is 0.463 e. The van der Waals surface area contributed by atoms with Crippen LogP contribution in [0.4, 0.5) is 0 Å². The highest BCUT2D eigenvalue weighted by Crippen LogP contribution is 2.19. The van der Waals surface area contributed by atoms with Crippen LogP contribution < -0.4 is 0 Å². The first-order chi connectivity index (χ1) is 9.29. The van der Waals surface area contributed by atoms with Gasteiger partial charge in [0.2, 0.25) is 0 Å². The third-order valence-corrected chi connectivity index (χ3v) is 2.58. The molecule has 0 atom stereocenters. The summed E-state index contributed by atoms with van der Waals surface area (Å²) in [6.45, 7) is 2.17. The van der Waals surface area contributed by atoms with Gasteiger partial charge in [-0.25, -0.2) is 4.79 Å². The van der Waals surface area contributed by atoms with E-state index in [0.29, 0.717) is 6.61 Å². The molecule has 1 aromatic heterocycles. The lowest BCUT2D eigenvalue weighted by Crippen LogP contribution is -1.98. The Labute approximate surface area is 112 Å². The Balaban J connectivity index is 2.18. The minimum Gasteiger partial charge on any atom is -0.463 e. The lowest BCUT2D eigenvalue weighted by molar-refractivity contribution is -0.137. The van der Waals surface area contributed by atoms with E-state index in [1.54, 1.807) is 19.2 Å². The zero-order valence-electron chi connectivity index (χ0n) is 10.7. The normalized spacial score (nSPS) is 10.6. The molecule has 1 heterocycles. The van der Waals surface area contributed by atoms with Gasteiger partial charge in [0, 0.05) is 24.0 Å². The van der Waals surface area contributed by atoms with Gasteiger partial charge in [0.25, 0.3) is 0 Å². The lowest BCUT2D eigenvalue weighted by atomic mass is 10.0. The Morgan fingerprint density at radius 2 is 2.11 bits per heavy atom. The van der Waals surface area contributed by atoms with Crippen LogP contribution in [-0.4, -0.2) is 17.6 Å². The van der Waals surface area contributed by atoms with E-state index in [1.807, 2.05) is 42.6 Å². The molecule has 3 heteroatoms. The third kappa shape index (κ3) is 3.78. The summed E-state index contributed by atoms with van der Waals surface area (Å²) in [5, 5.41) is 0. The molecule has 0 amide bonds. The highest BCUT2D eigenvalue weighted by Gasteiger charge is 1.98. The van der Waals surface area contributed by atoms with Crippen molar-refractivity contribution in [2.75, 3.05) is 6.61 Å². The first-order valence-electron chi connectivity index (χ1n) is 6.15. The second-order valence-corrected chi connectivity index (χ2v) is 3.95. The molecule has 2 aromatic rings. The van der Waals surface area contributed by atoms with E-state index in [2.05, 4.69) is 4.98 Å². The van der Waals surface area contributed by atoms with Crippen LogP contribution in [0.1, 0.15) is 12.5 Å². The first-order valence-corrected chi connectivity index (χ1v) is 6.15. The number of carbonyl (C=O) groups excluding carboxylic acids is 1. The van der Waals surface area contributed by atoms with E-state index in [0.717, 1.165) is 16.7 Å². The molecule has 0 aliphatic rings. The number of rotatable bonds is 4.